The Hall–Kier alpha value is -1.71. The number of nitrogens with two attached hydrogens (primary N) is 1. The number of carboxylic acid groups (broad SMARTS) is 2. The van der Waals surface area contributed by atoms with E-state index in [0.29, 0.717) is 13.0 Å². The molecule has 0 rings (SSSR count). The summed E-state index contributed by atoms with van der Waals surface area (Å²) in [6, 6.07) is -0.449. The minimum Gasteiger partial charge on any atom is -0.481 e. The maximum atomic E-state index is 11.9. The van der Waals surface area contributed by atoms with E-state index >= 15 is 0 Å². The summed E-state index contributed by atoms with van der Waals surface area (Å²) in [6.07, 6.45) is 2.58. The lowest BCUT2D eigenvalue weighted by molar-refractivity contribution is -0.139. The molecule has 0 fully saturated rings. The third-order valence-corrected chi connectivity index (χ3v) is 3.03. The maximum Gasteiger partial charge on any atom is 0.305 e. The first-order chi connectivity index (χ1) is 11.5. The van der Waals surface area contributed by atoms with Gasteiger partial charge in [0, 0.05) is 6.42 Å². The number of unbranched alkanes of at least 4 members (excludes halogenated alkanes) is 2. The molecule has 9 heteroatoms. The molecule has 0 heterocycles. The summed E-state index contributed by atoms with van der Waals surface area (Å²) in [4.78, 5) is 32.7. The van der Waals surface area contributed by atoms with Gasteiger partial charge in [-0.25, -0.2) is 0 Å². The Morgan fingerprint density at radius 3 is 1.88 bits per heavy atom. The van der Waals surface area contributed by atoms with Crippen molar-refractivity contribution in [1.82, 2.24) is 5.32 Å². The average molecular weight is 348 g/mol. The molecule has 0 aliphatic rings. The van der Waals surface area contributed by atoms with Gasteiger partial charge < -0.3 is 30.7 Å². The normalized spacial score (nSPS) is 10.8. The molecule has 0 unspecified atom stereocenters. The molecule has 24 heavy (non-hydrogen) atoms. The Morgan fingerprint density at radius 2 is 1.42 bits per heavy atom. The molecule has 1 amide bonds. The highest BCUT2D eigenvalue weighted by Gasteiger charge is 2.13. The molecule has 0 radical (unpaired) electrons. The van der Waals surface area contributed by atoms with Gasteiger partial charge in [-0.2, -0.15) is 0 Å². The number of aliphatic carboxylic acids is 2. The molecule has 0 spiro atoms. The zero-order valence-corrected chi connectivity index (χ0v) is 13.9. The van der Waals surface area contributed by atoms with Crippen molar-refractivity contribution in [2.75, 3.05) is 33.0 Å². The molecule has 0 aromatic rings. The van der Waals surface area contributed by atoms with Crippen LogP contribution in [-0.2, 0) is 23.9 Å². The summed E-state index contributed by atoms with van der Waals surface area (Å²) in [5.74, 6) is -2.08. The Kier molecular flexibility index (Phi) is 13.8. The van der Waals surface area contributed by atoms with Crippen molar-refractivity contribution in [3.8, 4) is 0 Å². The van der Waals surface area contributed by atoms with Crippen LogP contribution in [0.3, 0.4) is 0 Å². The highest BCUT2D eigenvalue weighted by Crippen LogP contribution is 2.00. The lowest BCUT2D eigenvalue weighted by Crippen LogP contribution is -2.41. The van der Waals surface area contributed by atoms with Gasteiger partial charge in [0.15, 0.2) is 0 Å². The Bertz CT molecular complexity index is 355. The third-order valence-electron chi connectivity index (χ3n) is 3.03. The van der Waals surface area contributed by atoms with E-state index in [1.165, 1.54) is 0 Å². The lowest BCUT2D eigenvalue weighted by atomic mass is 10.2. The van der Waals surface area contributed by atoms with Crippen LogP contribution in [-0.4, -0.2) is 67.1 Å². The van der Waals surface area contributed by atoms with E-state index < -0.39 is 18.0 Å². The quantitative estimate of drug-likeness (QED) is 0.284. The van der Waals surface area contributed by atoms with Crippen LogP contribution in [0, 0.1) is 0 Å². The standard InChI is InChI=1S/C15H28N2O7/c16-7-3-1-2-4-13(18)17-12(10-23-8-5-14(19)20)11-24-9-6-15(21)22/h12H,1-11,16H2,(H,17,18)(H,19,20)(H,21,22). The molecule has 0 aromatic carbocycles. The maximum absolute atomic E-state index is 11.9. The summed E-state index contributed by atoms with van der Waals surface area (Å²) in [7, 11) is 0. The fraction of sp³-hybridized carbons (Fsp3) is 0.800. The van der Waals surface area contributed by atoms with Crippen molar-refractivity contribution in [2.24, 2.45) is 5.73 Å². The Labute approximate surface area is 141 Å². The molecule has 0 aliphatic carbocycles. The van der Waals surface area contributed by atoms with Gasteiger partial charge in [0.05, 0.1) is 45.3 Å². The van der Waals surface area contributed by atoms with E-state index in [1.807, 2.05) is 0 Å². The molecule has 9 nitrogen and oxygen atoms in total. The zero-order valence-electron chi connectivity index (χ0n) is 13.9. The first kappa shape index (κ1) is 22.3. The van der Waals surface area contributed by atoms with E-state index in [0.717, 1.165) is 19.3 Å². The summed E-state index contributed by atoms with van der Waals surface area (Å²) < 4.78 is 10.4. The van der Waals surface area contributed by atoms with E-state index in [2.05, 4.69) is 5.32 Å². The molecular weight excluding hydrogens is 320 g/mol. The van der Waals surface area contributed by atoms with Gasteiger partial charge >= 0.3 is 11.9 Å². The van der Waals surface area contributed by atoms with Crippen LogP contribution in [0.15, 0.2) is 0 Å². The van der Waals surface area contributed by atoms with Crippen LogP contribution in [0.2, 0.25) is 0 Å². The van der Waals surface area contributed by atoms with Crippen molar-refractivity contribution in [3.63, 3.8) is 0 Å². The molecule has 0 bridgehead atoms. The van der Waals surface area contributed by atoms with Crippen molar-refractivity contribution in [1.29, 1.82) is 0 Å². The summed E-state index contributed by atoms with van der Waals surface area (Å²) in [5.41, 5.74) is 5.39. The van der Waals surface area contributed by atoms with Gasteiger partial charge in [-0.05, 0) is 19.4 Å². The van der Waals surface area contributed by atoms with E-state index in [-0.39, 0.29) is 45.2 Å². The average Bonchev–Trinajstić information content (AvgIpc) is 2.51. The number of hydrogen-bond donors (Lipinski definition) is 4. The smallest absolute Gasteiger partial charge is 0.305 e. The van der Waals surface area contributed by atoms with Gasteiger partial charge in [0.2, 0.25) is 5.91 Å². The summed E-state index contributed by atoms with van der Waals surface area (Å²) >= 11 is 0. The number of carbonyl (C=O) groups excluding carboxylic acids is 1. The van der Waals surface area contributed by atoms with E-state index in [9.17, 15) is 14.4 Å². The van der Waals surface area contributed by atoms with Crippen molar-refractivity contribution in [3.05, 3.63) is 0 Å². The first-order valence-corrected chi connectivity index (χ1v) is 8.04. The van der Waals surface area contributed by atoms with Gasteiger partial charge in [-0.1, -0.05) is 6.42 Å². The minimum atomic E-state index is -0.965. The molecule has 0 saturated heterocycles. The Morgan fingerprint density at radius 1 is 0.875 bits per heavy atom. The topological polar surface area (TPSA) is 148 Å². The number of carboxylic acids is 2. The van der Waals surface area contributed by atoms with Crippen LogP contribution in [0.5, 0.6) is 0 Å². The molecule has 0 aromatic heterocycles. The second-order valence-corrected chi connectivity index (χ2v) is 5.30. The van der Waals surface area contributed by atoms with Crippen LogP contribution < -0.4 is 11.1 Å². The second-order valence-electron chi connectivity index (χ2n) is 5.30. The summed E-state index contributed by atoms with van der Waals surface area (Å²) in [5, 5.41) is 19.9. The van der Waals surface area contributed by atoms with Crippen molar-refractivity contribution in [2.45, 2.75) is 44.6 Å². The molecule has 140 valence electrons. The van der Waals surface area contributed by atoms with E-state index in [4.69, 9.17) is 25.4 Å². The van der Waals surface area contributed by atoms with Gasteiger partial charge in [-0.3, -0.25) is 14.4 Å². The van der Waals surface area contributed by atoms with Crippen molar-refractivity contribution >= 4 is 17.8 Å². The number of nitrogens with one attached hydrogen (secondary N) is 1. The number of ether oxygens (including phenoxy) is 2. The fourth-order valence-corrected chi connectivity index (χ4v) is 1.81. The monoisotopic (exact) mass is 348 g/mol. The highest BCUT2D eigenvalue weighted by molar-refractivity contribution is 5.76. The van der Waals surface area contributed by atoms with Gasteiger partial charge in [0.25, 0.3) is 0 Å². The highest BCUT2D eigenvalue weighted by atomic mass is 16.5. The Balaban J connectivity index is 4.10. The van der Waals surface area contributed by atoms with Crippen molar-refractivity contribution < 1.29 is 34.1 Å². The zero-order chi connectivity index (χ0) is 18.2. The van der Waals surface area contributed by atoms with Crippen LogP contribution >= 0.6 is 0 Å². The van der Waals surface area contributed by atoms with E-state index in [1.54, 1.807) is 0 Å². The number of carbonyl (C=O) groups is 3. The fourth-order valence-electron chi connectivity index (χ4n) is 1.81. The third kappa shape index (κ3) is 15.2. The molecular formula is C15H28N2O7. The minimum absolute atomic E-state index is 0.0350. The summed E-state index contributed by atoms with van der Waals surface area (Å²) in [6.45, 7) is 0.878. The number of amides is 1. The molecule has 0 aliphatic heterocycles. The van der Waals surface area contributed by atoms with Crippen LogP contribution in [0.4, 0.5) is 0 Å². The molecule has 5 N–H and O–H groups in total. The molecule has 0 saturated carbocycles. The van der Waals surface area contributed by atoms with Gasteiger partial charge in [-0.15, -0.1) is 0 Å². The number of hydrogen-bond acceptors (Lipinski definition) is 6. The lowest BCUT2D eigenvalue weighted by Gasteiger charge is -2.19. The number of rotatable bonds is 16. The SMILES string of the molecule is NCCCCCC(=O)NC(COCCC(=O)O)COCCC(=O)O. The molecule has 0 atom stereocenters. The largest absolute Gasteiger partial charge is 0.481 e. The van der Waals surface area contributed by atoms with Crippen LogP contribution in [0.25, 0.3) is 0 Å². The predicted molar refractivity (Wildman–Crippen MR) is 85.6 cm³/mol. The second kappa shape index (κ2) is 14.9. The predicted octanol–water partition coefficient (Wildman–Crippen LogP) is -0.0271. The first-order valence-electron chi connectivity index (χ1n) is 8.04. The van der Waals surface area contributed by atoms with Gasteiger partial charge in [0.1, 0.15) is 0 Å². The van der Waals surface area contributed by atoms with Crippen LogP contribution in [0.1, 0.15) is 38.5 Å².